The van der Waals surface area contributed by atoms with Crippen LogP contribution in [0.4, 0.5) is 0 Å². The van der Waals surface area contributed by atoms with Crippen LogP contribution in [0.1, 0.15) is 73.5 Å². The van der Waals surface area contributed by atoms with Crippen LogP contribution in [0.5, 0.6) is 0 Å². The molecule has 2 aromatic rings. The van der Waals surface area contributed by atoms with E-state index in [1.165, 1.54) is 11.3 Å². The minimum atomic E-state index is -1.11. The summed E-state index contributed by atoms with van der Waals surface area (Å²) in [5, 5.41) is 22.8. The van der Waals surface area contributed by atoms with E-state index in [2.05, 4.69) is 0 Å². The molecule has 3 heterocycles. The highest BCUT2D eigenvalue weighted by Gasteiger charge is 2.52. The number of carbonyl (C=O) groups is 1. The highest BCUT2D eigenvalue weighted by Crippen LogP contribution is 2.42. The molecular weight excluding hydrogens is 663 g/mol. The molecule has 8 atom stereocenters. The van der Waals surface area contributed by atoms with Gasteiger partial charge in [0, 0.05) is 20.3 Å². The first-order valence-corrected chi connectivity index (χ1v) is 17.6. The van der Waals surface area contributed by atoms with Gasteiger partial charge in [0.1, 0.15) is 35.9 Å². The average molecular weight is 706 g/mol. The Morgan fingerprint density at radius 3 is 2.44 bits per heavy atom. The van der Waals surface area contributed by atoms with Gasteiger partial charge >= 0.3 is 5.97 Å². The molecule has 45 heavy (non-hydrogen) atoms. The lowest BCUT2D eigenvalue weighted by molar-refractivity contribution is -0.175. The molecule has 0 unspecified atom stereocenters. The third-order valence-electron chi connectivity index (χ3n) is 8.81. The molecule has 0 amide bonds. The zero-order chi connectivity index (χ0) is 32.5. The molecular formula is C33H43Cl3O8S. The standard InChI is InChI=1S/C33H43Cl3O8S/c1-32(2)41-17-27(42-32)30-29(43-33(3,4)44-30)26(38)16-40-31(39)28-11-9-21(45-28)6-5-7-22-23(25(37)15-24(22)36)10-8-18-12-19(34)14-20(35)13-18/h9,11-14,22-27,29-30,37-38H,5-8,10,15-17H2,1-4H3/t22-,23-,24-,25-,26+,27-,29-,30-/m1/s1. The van der Waals surface area contributed by atoms with Crippen LogP contribution >= 0.6 is 46.1 Å². The van der Waals surface area contributed by atoms with E-state index < -0.39 is 48.1 Å². The summed E-state index contributed by atoms with van der Waals surface area (Å²) in [4.78, 5) is 14.4. The van der Waals surface area contributed by atoms with Gasteiger partial charge in [-0.1, -0.05) is 23.2 Å². The van der Waals surface area contributed by atoms with Crippen LogP contribution in [0, 0.1) is 11.8 Å². The van der Waals surface area contributed by atoms with E-state index in [4.69, 9.17) is 58.5 Å². The normalized spacial score (nSPS) is 31.4. The molecule has 1 aromatic heterocycles. The number of carbonyl (C=O) groups excluding carboxylic acids is 1. The van der Waals surface area contributed by atoms with E-state index in [1.54, 1.807) is 26.0 Å². The molecule has 3 fully saturated rings. The van der Waals surface area contributed by atoms with Gasteiger partial charge in [-0.25, -0.2) is 4.79 Å². The van der Waals surface area contributed by atoms with Gasteiger partial charge in [0.05, 0.1) is 12.7 Å². The van der Waals surface area contributed by atoms with Crippen LogP contribution in [0.2, 0.25) is 10.0 Å². The maximum atomic E-state index is 12.9. The van der Waals surface area contributed by atoms with Gasteiger partial charge in [-0.15, -0.1) is 22.9 Å². The fourth-order valence-corrected chi connectivity index (χ4v) is 8.77. The Labute approximate surface area is 284 Å². The minimum Gasteiger partial charge on any atom is -0.459 e. The molecule has 2 aliphatic heterocycles. The molecule has 12 heteroatoms. The van der Waals surface area contributed by atoms with E-state index in [9.17, 15) is 15.0 Å². The number of alkyl halides is 1. The fourth-order valence-electron chi connectivity index (χ4n) is 6.76. The molecule has 5 rings (SSSR count). The van der Waals surface area contributed by atoms with E-state index >= 15 is 0 Å². The summed E-state index contributed by atoms with van der Waals surface area (Å²) in [6.45, 7) is 7.25. The molecule has 3 aliphatic rings. The van der Waals surface area contributed by atoms with Crippen molar-refractivity contribution in [3.63, 3.8) is 0 Å². The van der Waals surface area contributed by atoms with E-state index in [-0.39, 0.29) is 23.8 Å². The number of hydrogen-bond acceptors (Lipinski definition) is 9. The van der Waals surface area contributed by atoms with Gasteiger partial charge in [-0.05, 0) is 114 Å². The van der Waals surface area contributed by atoms with Gasteiger partial charge in [0.15, 0.2) is 11.6 Å². The molecule has 0 bridgehead atoms. The first-order valence-electron chi connectivity index (χ1n) is 15.6. The van der Waals surface area contributed by atoms with Crippen molar-refractivity contribution in [3.8, 4) is 0 Å². The summed E-state index contributed by atoms with van der Waals surface area (Å²) in [6, 6.07) is 9.23. The SMILES string of the molecule is CC1(C)O[C@H]([C@@H](O)COC(=O)c2ccc(CCC[C@@H]3[C@@H](CCc4cc(Cl)cc(Cl)c4)[C@H](O)C[C@H]3Cl)s2)[C@@H]([C@H]2COC(C)(C)O2)O1. The predicted molar refractivity (Wildman–Crippen MR) is 174 cm³/mol. The smallest absolute Gasteiger partial charge is 0.348 e. The molecule has 2 N–H and O–H groups in total. The van der Waals surface area contributed by atoms with Crippen molar-refractivity contribution in [1.29, 1.82) is 0 Å². The van der Waals surface area contributed by atoms with Gasteiger partial charge < -0.3 is 33.9 Å². The number of thiophene rings is 1. The molecule has 8 nitrogen and oxygen atoms in total. The van der Waals surface area contributed by atoms with Gasteiger partial charge in [-0.3, -0.25) is 0 Å². The number of aryl methyl sites for hydroxylation is 2. The van der Waals surface area contributed by atoms with Crippen molar-refractivity contribution < 1.29 is 38.7 Å². The minimum absolute atomic E-state index is 0.0769. The van der Waals surface area contributed by atoms with Crippen LogP contribution in [-0.4, -0.2) is 76.9 Å². The van der Waals surface area contributed by atoms with Gasteiger partial charge in [0.2, 0.25) is 0 Å². The first kappa shape index (κ1) is 35.3. The molecule has 250 valence electrons. The van der Waals surface area contributed by atoms with E-state index in [0.717, 1.165) is 42.5 Å². The maximum absolute atomic E-state index is 12.9. The summed E-state index contributed by atoms with van der Waals surface area (Å²) in [7, 11) is 0. The summed E-state index contributed by atoms with van der Waals surface area (Å²) in [6.07, 6.45) is 1.43. The number of ether oxygens (including phenoxy) is 5. The number of aliphatic hydroxyl groups excluding tert-OH is 2. The van der Waals surface area contributed by atoms with Crippen LogP contribution < -0.4 is 0 Å². The van der Waals surface area contributed by atoms with E-state index in [0.29, 0.717) is 28.0 Å². The zero-order valence-electron chi connectivity index (χ0n) is 26.0. The van der Waals surface area contributed by atoms with Crippen molar-refractivity contribution >= 4 is 52.1 Å². The van der Waals surface area contributed by atoms with Crippen molar-refractivity contribution in [3.05, 3.63) is 55.7 Å². The topological polar surface area (TPSA) is 104 Å². The second-order valence-electron chi connectivity index (χ2n) is 13.2. The third-order valence-corrected chi connectivity index (χ3v) is 10.9. The molecule has 0 radical (unpaired) electrons. The summed E-state index contributed by atoms with van der Waals surface area (Å²) in [5.74, 6) is -1.88. The Bertz CT molecular complexity index is 1300. The average Bonchev–Trinajstić information content (AvgIpc) is 3.70. The molecule has 0 spiro atoms. The quantitative estimate of drug-likeness (QED) is 0.184. The second kappa shape index (κ2) is 14.6. The van der Waals surface area contributed by atoms with E-state index in [1.807, 2.05) is 32.0 Å². The van der Waals surface area contributed by atoms with Crippen molar-refractivity contribution in [1.82, 2.24) is 0 Å². The van der Waals surface area contributed by atoms with Gasteiger partial charge in [0.25, 0.3) is 0 Å². The van der Waals surface area contributed by atoms with Gasteiger partial charge in [-0.2, -0.15) is 0 Å². The highest BCUT2D eigenvalue weighted by molar-refractivity contribution is 7.13. The fraction of sp³-hybridized carbons (Fsp3) is 0.667. The number of rotatable bonds is 12. The summed E-state index contributed by atoms with van der Waals surface area (Å²) >= 11 is 20.4. The van der Waals surface area contributed by atoms with Crippen LogP contribution in [0.3, 0.4) is 0 Å². The van der Waals surface area contributed by atoms with Crippen LogP contribution in [0.25, 0.3) is 0 Å². The number of aliphatic hydroxyl groups is 2. The highest BCUT2D eigenvalue weighted by atomic mass is 35.5. The Morgan fingerprint density at radius 1 is 1.02 bits per heavy atom. The van der Waals surface area contributed by atoms with Crippen molar-refractivity contribution in [2.45, 2.75) is 114 Å². The Hall–Kier alpha value is -0.980. The second-order valence-corrected chi connectivity index (χ2v) is 15.8. The summed E-state index contributed by atoms with van der Waals surface area (Å²) in [5.41, 5.74) is 1.05. The monoisotopic (exact) mass is 704 g/mol. The Kier molecular flexibility index (Phi) is 11.5. The lowest BCUT2D eigenvalue weighted by Crippen LogP contribution is -2.45. The summed E-state index contributed by atoms with van der Waals surface area (Å²) < 4.78 is 29.1. The largest absolute Gasteiger partial charge is 0.459 e. The number of halogens is 3. The maximum Gasteiger partial charge on any atom is 0.348 e. The molecule has 1 aliphatic carbocycles. The first-order chi connectivity index (χ1) is 21.2. The van der Waals surface area contributed by atoms with Crippen LogP contribution in [-0.2, 0) is 36.5 Å². The van der Waals surface area contributed by atoms with Crippen molar-refractivity contribution in [2.24, 2.45) is 11.8 Å². The number of esters is 1. The third kappa shape index (κ3) is 9.13. The molecule has 2 saturated heterocycles. The lowest BCUT2D eigenvalue weighted by Gasteiger charge is -2.26. The predicted octanol–water partition coefficient (Wildman–Crippen LogP) is 6.80. The lowest BCUT2D eigenvalue weighted by atomic mass is 9.85. The zero-order valence-corrected chi connectivity index (χ0v) is 29.1. The number of hydrogen-bond donors (Lipinski definition) is 2. The van der Waals surface area contributed by atoms with Crippen LogP contribution in [0.15, 0.2) is 30.3 Å². The molecule has 1 aromatic carbocycles. The van der Waals surface area contributed by atoms with Crippen molar-refractivity contribution in [2.75, 3.05) is 13.2 Å². The Balaban J connectivity index is 1.09. The number of benzene rings is 1. The Morgan fingerprint density at radius 2 is 1.76 bits per heavy atom. The molecule has 1 saturated carbocycles.